The zero-order valence-electron chi connectivity index (χ0n) is 11.0. The van der Waals surface area contributed by atoms with Gasteiger partial charge in [0.15, 0.2) is 0 Å². The molecule has 0 saturated carbocycles. The van der Waals surface area contributed by atoms with E-state index < -0.39 is 0 Å². The Morgan fingerprint density at radius 2 is 2.28 bits per heavy atom. The number of nitrogens with two attached hydrogens (primary N) is 1. The number of benzene rings is 1. The molecule has 2 atom stereocenters. The van der Waals surface area contributed by atoms with E-state index in [1.54, 1.807) is 0 Å². The number of hydrogen-bond acceptors (Lipinski definition) is 3. The number of nitrogens with zero attached hydrogens (tertiary/aromatic N) is 1. The van der Waals surface area contributed by atoms with Crippen molar-refractivity contribution in [1.82, 2.24) is 4.90 Å². The molecule has 0 amide bonds. The molecule has 1 aromatic carbocycles. The predicted octanol–water partition coefficient (Wildman–Crippen LogP) is 3.03. The van der Waals surface area contributed by atoms with Crippen LogP contribution in [0.2, 0.25) is 0 Å². The largest absolute Gasteiger partial charge is 0.398 e. The van der Waals surface area contributed by atoms with Crippen LogP contribution < -0.4 is 5.73 Å². The van der Waals surface area contributed by atoms with Crippen LogP contribution >= 0.6 is 15.9 Å². The molecule has 0 spiro atoms. The van der Waals surface area contributed by atoms with Gasteiger partial charge >= 0.3 is 0 Å². The number of rotatable bonds is 3. The third kappa shape index (κ3) is 3.25. The average Bonchev–Trinajstić information content (AvgIpc) is 2.33. The van der Waals surface area contributed by atoms with Crippen molar-refractivity contribution in [2.24, 2.45) is 0 Å². The lowest BCUT2D eigenvalue weighted by Gasteiger charge is -2.38. The summed E-state index contributed by atoms with van der Waals surface area (Å²) in [6.45, 7) is 7.05. The van der Waals surface area contributed by atoms with Crippen molar-refractivity contribution in [3.05, 3.63) is 28.2 Å². The van der Waals surface area contributed by atoms with Gasteiger partial charge in [0.05, 0.1) is 12.7 Å². The highest BCUT2D eigenvalue weighted by atomic mass is 79.9. The van der Waals surface area contributed by atoms with E-state index in [1.165, 1.54) is 5.56 Å². The van der Waals surface area contributed by atoms with Gasteiger partial charge in [0.25, 0.3) is 0 Å². The molecule has 0 radical (unpaired) electrons. The molecule has 0 aliphatic carbocycles. The van der Waals surface area contributed by atoms with Gasteiger partial charge in [0, 0.05) is 29.3 Å². The van der Waals surface area contributed by atoms with E-state index in [-0.39, 0.29) is 0 Å². The molecule has 1 aromatic rings. The van der Waals surface area contributed by atoms with Gasteiger partial charge in [-0.2, -0.15) is 0 Å². The van der Waals surface area contributed by atoms with E-state index >= 15 is 0 Å². The molecule has 3 nitrogen and oxygen atoms in total. The van der Waals surface area contributed by atoms with Crippen LogP contribution in [-0.4, -0.2) is 30.2 Å². The van der Waals surface area contributed by atoms with Crippen molar-refractivity contribution in [3.8, 4) is 0 Å². The Labute approximate surface area is 117 Å². The lowest BCUT2D eigenvalue weighted by Crippen LogP contribution is -2.47. The Kier molecular flexibility index (Phi) is 4.65. The molecule has 18 heavy (non-hydrogen) atoms. The van der Waals surface area contributed by atoms with Gasteiger partial charge in [0.1, 0.15) is 0 Å². The van der Waals surface area contributed by atoms with E-state index in [0.29, 0.717) is 12.1 Å². The van der Waals surface area contributed by atoms with Gasteiger partial charge < -0.3 is 10.5 Å². The Morgan fingerprint density at radius 3 is 2.94 bits per heavy atom. The molecular formula is C14H21BrN2O. The number of hydrogen-bond donors (Lipinski definition) is 1. The van der Waals surface area contributed by atoms with Crippen molar-refractivity contribution in [2.45, 2.75) is 39.0 Å². The van der Waals surface area contributed by atoms with Gasteiger partial charge in [-0.1, -0.05) is 28.9 Å². The quantitative estimate of drug-likeness (QED) is 0.872. The zero-order valence-corrected chi connectivity index (χ0v) is 12.6. The molecule has 2 unspecified atom stereocenters. The number of ether oxygens (including phenoxy) is 1. The molecule has 0 bridgehead atoms. The molecule has 4 heteroatoms. The van der Waals surface area contributed by atoms with E-state index in [9.17, 15) is 0 Å². The average molecular weight is 313 g/mol. The molecule has 1 fully saturated rings. The van der Waals surface area contributed by atoms with Crippen molar-refractivity contribution in [1.29, 1.82) is 0 Å². The first kappa shape index (κ1) is 13.8. The van der Waals surface area contributed by atoms with Crippen LogP contribution in [0.3, 0.4) is 0 Å². The number of halogens is 1. The summed E-state index contributed by atoms with van der Waals surface area (Å²) in [4.78, 5) is 2.48. The highest BCUT2D eigenvalue weighted by Crippen LogP contribution is 2.23. The number of morpholine rings is 1. The first-order valence-electron chi connectivity index (χ1n) is 6.49. The third-order valence-corrected chi connectivity index (χ3v) is 4.03. The van der Waals surface area contributed by atoms with Crippen LogP contribution in [0.15, 0.2) is 22.7 Å². The molecule has 2 rings (SSSR count). The summed E-state index contributed by atoms with van der Waals surface area (Å²) in [5, 5.41) is 0. The molecule has 1 aliphatic rings. The summed E-state index contributed by atoms with van der Waals surface area (Å²) < 4.78 is 6.75. The van der Waals surface area contributed by atoms with Gasteiger partial charge in [-0.25, -0.2) is 0 Å². The molecule has 0 aromatic heterocycles. The van der Waals surface area contributed by atoms with Crippen molar-refractivity contribution < 1.29 is 4.74 Å². The second-order valence-electron chi connectivity index (χ2n) is 4.98. The monoisotopic (exact) mass is 312 g/mol. The first-order valence-corrected chi connectivity index (χ1v) is 7.29. The molecule has 100 valence electrons. The lowest BCUT2D eigenvalue weighted by molar-refractivity contribution is -0.0591. The van der Waals surface area contributed by atoms with Crippen molar-refractivity contribution in [3.63, 3.8) is 0 Å². The fourth-order valence-corrected chi connectivity index (χ4v) is 2.79. The molecule has 1 heterocycles. The van der Waals surface area contributed by atoms with Crippen molar-refractivity contribution in [2.75, 3.05) is 18.9 Å². The Hall–Kier alpha value is -0.580. The van der Waals surface area contributed by atoms with Crippen molar-refractivity contribution >= 4 is 21.6 Å². The fourth-order valence-electron chi connectivity index (χ4n) is 2.41. The maximum atomic E-state index is 6.07. The Balaban J connectivity index is 2.10. The second-order valence-corrected chi connectivity index (χ2v) is 5.89. The third-order valence-electron chi connectivity index (χ3n) is 3.53. The predicted molar refractivity (Wildman–Crippen MR) is 78.5 cm³/mol. The highest BCUT2D eigenvalue weighted by Gasteiger charge is 2.25. The summed E-state index contributed by atoms with van der Waals surface area (Å²) in [6.07, 6.45) is 1.42. The van der Waals surface area contributed by atoms with Crippen LogP contribution in [-0.2, 0) is 11.3 Å². The van der Waals surface area contributed by atoms with Crippen LogP contribution in [0, 0.1) is 0 Å². The van der Waals surface area contributed by atoms with Crippen LogP contribution in [0.5, 0.6) is 0 Å². The van der Waals surface area contributed by atoms with Gasteiger partial charge in [-0.15, -0.1) is 0 Å². The summed E-state index contributed by atoms with van der Waals surface area (Å²) >= 11 is 3.44. The van der Waals surface area contributed by atoms with Crippen LogP contribution in [0.25, 0.3) is 0 Å². The Bertz CT molecular complexity index is 411. The van der Waals surface area contributed by atoms with E-state index in [4.69, 9.17) is 10.5 Å². The van der Waals surface area contributed by atoms with Crippen LogP contribution in [0.4, 0.5) is 5.69 Å². The minimum absolute atomic E-state index is 0.310. The van der Waals surface area contributed by atoms with Crippen LogP contribution in [0.1, 0.15) is 25.8 Å². The lowest BCUT2D eigenvalue weighted by atomic mass is 10.1. The molecular weight excluding hydrogens is 292 g/mol. The van der Waals surface area contributed by atoms with Gasteiger partial charge in [-0.3, -0.25) is 4.90 Å². The number of anilines is 1. The first-order chi connectivity index (χ1) is 8.60. The van der Waals surface area contributed by atoms with Gasteiger partial charge in [0.2, 0.25) is 0 Å². The fraction of sp³-hybridized carbons (Fsp3) is 0.571. The summed E-state index contributed by atoms with van der Waals surface area (Å²) in [7, 11) is 0. The standard InChI is InChI=1S/C14H21BrN2O/c1-3-13-9-18-10(2)7-17(13)8-11-4-5-12(15)6-14(11)16/h4-6,10,13H,3,7-9,16H2,1-2H3. The minimum Gasteiger partial charge on any atom is -0.398 e. The summed E-state index contributed by atoms with van der Waals surface area (Å²) in [5.74, 6) is 0. The zero-order chi connectivity index (χ0) is 13.1. The topological polar surface area (TPSA) is 38.5 Å². The van der Waals surface area contributed by atoms with E-state index in [1.807, 2.05) is 6.07 Å². The Morgan fingerprint density at radius 1 is 1.50 bits per heavy atom. The smallest absolute Gasteiger partial charge is 0.0674 e. The summed E-state index contributed by atoms with van der Waals surface area (Å²) in [6, 6.07) is 6.63. The van der Waals surface area contributed by atoms with Gasteiger partial charge in [-0.05, 0) is 31.0 Å². The maximum Gasteiger partial charge on any atom is 0.0674 e. The normalized spacial score (nSPS) is 25.3. The highest BCUT2D eigenvalue weighted by molar-refractivity contribution is 9.10. The van der Waals surface area contributed by atoms with E-state index in [2.05, 4.69) is 46.8 Å². The molecule has 2 N–H and O–H groups in total. The maximum absolute atomic E-state index is 6.07. The second kappa shape index (κ2) is 6.04. The summed E-state index contributed by atoms with van der Waals surface area (Å²) in [5.41, 5.74) is 8.13. The molecule has 1 aliphatic heterocycles. The van der Waals surface area contributed by atoms with E-state index in [0.717, 1.165) is 36.3 Å². The SMILES string of the molecule is CCC1COC(C)CN1Cc1ccc(Br)cc1N. The minimum atomic E-state index is 0.310. The number of nitrogen functional groups attached to an aromatic ring is 1. The molecule has 1 saturated heterocycles.